The van der Waals surface area contributed by atoms with Crippen molar-refractivity contribution in [2.24, 2.45) is 0 Å². The number of nitro groups is 1. The van der Waals surface area contributed by atoms with Crippen LogP contribution >= 0.6 is 0 Å². The average molecular weight is 419 g/mol. The highest BCUT2D eigenvalue weighted by Gasteiger charge is 2.15. The first-order valence-electron chi connectivity index (χ1n) is 9.42. The SMILES string of the molecule is COc1ccc(/C=C/C(=O)c2ccccc2OC)cc1COc1ccccc1[N+](=O)[O-]. The number of allylic oxidation sites excluding steroid dienone is 1. The van der Waals surface area contributed by atoms with Gasteiger partial charge in [-0.05, 0) is 42.0 Å². The molecule has 0 radical (unpaired) electrons. The van der Waals surface area contributed by atoms with E-state index in [1.807, 2.05) is 0 Å². The number of ether oxygens (including phenoxy) is 3. The molecule has 0 atom stereocenters. The number of methoxy groups -OCH3 is 2. The average Bonchev–Trinajstić information content (AvgIpc) is 2.81. The highest BCUT2D eigenvalue weighted by atomic mass is 16.6. The van der Waals surface area contributed by atoms with Gasteiger partial charge in [-0.2, -0.15) is 0 Å². The number of carbonyl (C=O) groups excluding carboxylic acids is 1. The molecule has 7 heteroatoms. The van der Waals surface area contributed by atoms with Crippen molar-refractivity contribution >= 4 is 17.5 Å². The number of benzene rings is 3. The Labute approximate surface area is 179 Å². The molecule has 0 amide bonds. The summed E-state index contributed by atoms with van der Waals surface area (Å²) in [5.74, 6) is 1.06. The Hall–Kier alpha value is -4.13. The van der Waals surface area contributed by atoms with Gasteiger partial charge in [0, 0.05) is 11.6 Å². The van der Waals surface area contributed by atoms with Crippen LogP contribution in [0.25, 0.3) is 6.08 Å². The number of nitro benzene ring substituents is 1. The molecule has 0 heterocycles. The maximum absolute atomic E-state index is 12.5. The van der Waals surface area contributed by atoms with Gasteiger partial charge in [0.1, 0.15) is 18.1 Å². The number of nitrogens with zero attached hydrogens (tertiary/aromatic N) is 1. The molecule has 0 saturated carbocycles. The lowest BCUT2D eigenvalue weighted by atomic mass is 10.1. The Kier molecular flexibility index (Phi) is 7.01. The van der Waals surface area contributed by atoms with E-state index < -0.39 is 4.92 Å². The Morgan fingerprint density at radius 1 is 0.935 bits per heavy atom. The smallest absolute Gasteiger partial charge is 0.310 e. The molecule has 3 aromatic rings. The van der Waals surface area contributed by atoms with Crippen molar-refractivity contribution in [2.45, 2.75) is 6.61 Å². The Balaban J connectivity index is 1.80. The van der Waals surface area contributed by atoms with Gasteiger partial charge in [0.05, 0.1) is 24.7 Å². The maximum atomic E-state index is 12.5. The quantitative estimate of drug-likeness (QED) is 0.208. The highest BCUT2D eigenvalue weighted by Crippen LogP contribution is 2.29. The summed E-state index contributed by atoms with van der Waals surface area (Å²) in [6.07, 6.45) is 3.15. The van der Waals surface area contributed by atoms with E-state index in [4.69, 9.17) is 14.2 Å². The van der Waals surface area contributed by atoms with Crippen molar-refractivity contribution in [2.75, 3.05) is 14.2 Å². The van der Waals surface area contributed by atoms with Crippen molar-refractivity contribution < 1.29 is 23.9 Å². The predicted octanol–water partition coefficient (Wildman–Crippen LogP) is 5.09. The molecule has 31 heavy (non-hydrogen) atoms. The third-order valence-corrected chi connectivity index (χ3v) is 4.55. The fourth-order valence-electron chi connectivity index (χ4n) is 3.01. The number of para-hydroxylation sites is 3. The minimum absolute atomic E-state index is 0.0656. The van der Waals surface area contributed by atoms with Crippen LogP contribution in [0.1, 0.15) is 21.5 Å². The zero-order chi connectivity index (χ0) is 22.2. The van der Waals surface area contributed by atoms with Gasteiger partial charge in [-0.1, -0.05) is 36.4 Å². The Morgan fingerprint density at radius 2 is 1.61 bits per heavy atom. The molecular formula is C24H21NO6. The van der Waals surface area contributed by atoms with Gasteiger partial charge < -0.3 is 14.2 Å². The number of hydrogen-bond acceptors (Lipinski definition) is 6. The normalized spacial score (nSPS) is 10.6. The van der Waals surface area contributed by atoms with Crippen molar-refractivity contribution in [1.82, 2.24) is 0 Å². The molecule has 0 N–H and O–H groups in total. The molecule has 7 nitrogen and oxygen atoms in total. The number of rotatable bonds is 9. The fraction of sp³-hybridized carbons (Fsp3) is 0.125. The predicted molar refractivity (Wildman–Crippen MR) is 117 cm³/mol. The van der Waals surface area contributed by atoms with Crippen LogP contribution < -0.4 is 14.2 Å². The van der Waals surface area contributed by atoms with E-state index in [-0.39, 0.29) is 23.8 Å². The van der Waals surface area contributed by atoms with Crippen LogP contribution in [-0.4, -0.2) is 24.9 Å². The van der Waals surface area contributed by atoms with Crippen LogP contribution in [-0.2, 0) is 6.61 Å². The molecule has 0 aromatic heterocycles. The lowest BCUT2D eigenvalue weighted by Gasteiger charge is -2.11. The second-order valence-electron chi connectivity index (χ2n) is 6.48. The van der Waals surface area contributed by atoms with Crippen LogP contribution in [0.4, 0.5) is 5.69 Å². The van der Waals surface area contributed by atoms with E-state index in [9.17, 15) is 14.9 Å². The van der Waals surface area contributed by atoms with Crippen LogP contribution in [0.15, 0.2) is 72.8 Å². The summed E-state index contributed by atoms with van der Waals surface area (Å²) in [6.45, 7) is 0.0656. The molecular weight excluding hydrogens is 398 g/mol. The van der Waals surface area contributed by atoms with Crippen molar-refractivity contribution in [3.63, 3.8) is 0 Å². The molecule has 0 aliphatic heterocycles. The van der Waals surface area contributed by atoms with Gasteiger partial charge in [0.25, 0.3) is 0 Å². The third-order valence-electron chi connectivity index (χ3n) is 4.55. The molecule has 0 spiro atoms. The first-order chi connectivity index (χ1) is 15.0. The van der Waals surface area contributed by atoms with Crippen LogP contribution in [0.5, 0.6) is 17.2 Å². The minimum atomic E-state index is -0.491. The standard InChI is InChI=1S/C24H21NO6/c1-29-22-14-12-17(11-13-21(26)19-7-3-5-9-23(19)30-2)15-18(22)16-31-24-10-6-4-8-20(24)25(27)28/h3-15H,16H2,1-2H3/b13-11+. The van der Waals surface area contributed by atoms with Crippen molar-refractivity contribution in [3.05, 3.63) is 99.6 Å². The van der Waals surface area contributed by atoms with E-state index in [1.54, 1.807) is 66.7 Å². The van der Waals surface area contributed by atoms with Crippen LogP contribution in [0.3, 0.4) is 0 Å². The van der Waals surface area contributed by atoms with Gasteiger partial charge in [-0.3, -0.25) is 14.9 Å². The molecule has 0 bridgehead atoms. The molecule has 0 aliphatic carbocycles. The molecule has 0 aliphatic rings. The van der Waals surface area contributed by atoms with E-state index in [0.717, 1.165) is 5.56 Å². The van der Waals surface area contributed by atoms with E-state index in [2.05, 4.69) is 0 Å². The fourth-order valence-corrected chi connectivity index (χ4v) is 3.01. The lowest BCUT2D eigenvalue weighted by Crippen LogP contribution is -2.01. The molecule has 158 valence electrons. The molecule has 3 aromatic carbocycles. The topological polar surface area (TPSA) is 87.9 Å². The summed E-state index contributed by atoms with van der Waals surface area (Å²) < 4.78 is 16.3. The maximum Gasteiger partial charge on any atom is 0.310 e. The second kappa shape index (κ2) is 10.1. The monoisotopic (exact) mass is 419 g/mol. The molecule has 0 unspecified atom stereocenters. The summed E-state index contributed by atoms with van der Waals surface area (Å²) in [4.78, 5) is 23.2. The third kappa shape index (κ3) is 5.27. The summed E-state index contributed by atoms with van der Waals surface area (Å²) in [7, 11) is 3.05. The zero-order valence-corrected chi connectivity index (χ0v) is 17.1. The highest BCUT2D eigenvalue weighted by molar-refractivity contribution is 6.08. The number of ketones is 1. The molecule has 0 fully saturated rings. The lowest BCUT2D eigenvalue weighted by molar-refractivity contribution is -0.385. The van der Waals surface area contributed by atoms with Gasteiger partial charge in [-0.25, -0.2) is 0 Å². The summed E-state index contributed by atoms with van der Waals surface area (Å²) >= 11 is 0. The first kappa shape index (κ1) is 21.6. The van der Waals surface area contributed by atoms with Crippen LogP contribution in [0.2, 0.25) is 0 Å². The van der Waals surface area contributed by atoms with Gasteiger partial charge >= 0.3 is 5.69 Å². The first-order valence-corrected chi connectivity index (χ1v) is 9.42. The van der Waals surface area contributed by atoms with Crippen LogP contribution in [0, 0.1) is 10.1 Å². The van der Waals surface area contributed by atoms with Crippen molar-refractivity contribution in [1.29, 1.82) is 0 Å². The van der Waals surface area contributed by atoms with E-state index >= 15 is 0 Å². The second-order valence-corrected chi connectivity index (χ2v) is 6.48. The Bertz CT molecular complexity index is 1120. The van der Waals surface area contributed by atoms with Crippen molar-refractivity contribution in [3.8, 4) is 17.2 Å². The molecule has 0 saturated heterocycles. The number of carbonyl (C=O) groups is 1. The molecule has 3 rings (SSSR count). The summed E-state index contributed by atoms with van der Waals surface area (Å²) in [6, 6.07) is 18.5. The van der Waals surface area contributed by atoms with Gasteiger partial charge in [0.15, 0.2) is 11.5 Å². The van der Waals surface area contributed by atoms with Gasteiger partial charge in [-0.15, -0.1) is 0 Å². The zero-order valence-electron chi connectivity index (χ0n) is 17.1. The minimum Gasteiger partial charge on any atom is -0.496 e. The summed E-state index contributed by atoms with van der Waals surface area (Å²) in [5.41, 5.74) is 1.80. The largest absolute Gasteiger partial charge is 0.496 e. The Morgan fingerprint density at radius 3 is 2.32 bits per heavy atom. The number of hydrogen-bond donors (Lipinski definition) is 0. The van der Waals surface area contributed by atoms with E-state index in [1.165, 1.54) is 26.4 Å². The van der Waals surface area contributed by atoms with Gasteiger partial charge in [0.2, 0.25) is 0 Å². The van der Waals surface area contributed by atoms with E-state index in [0.29, 0.717) is 22.6 Å². The summed E-state index contributed by atoms with van der Waals surface area (Å²) in [5, 5.41) is 11.2.